The lowest BCUT2D eigenvalue weighted by atomic mass is 10.1. The number of rotatable bonds is 4. The highest BCUT2D eigenvalue weighted by Gasteiger charge is 2.44. The molecule has 1 saturated heterocycles. The Morgan fingerprint density at radius 1 is 1.11 bits per heavy atom. The molecule has 1 fully saturated rings. The molecule has 1 heterocycles. The smallest absolute Gasteiger partial charge is 0.332 e. The van der Waals surface area contributed by atoms with Gasteiger partial charge in [-0.3, -0.25) is 19.4 Å². The maximum Gasteiger partial charge on any atom is 0.332 e. The number of benzene rings is 2. The monoisotopic (exact) mass is 377 g/mol. The van der Waals surface area contributed by atoms with Crippen LogP contribution in [-0.4, -0.2) is 35.3 Å². The first kappa shape index (κ1) is 18.2. The number of fused-ring (bicyclic) bond motifs is 1. The molecule has 28 heavy (non-hydrogen) atoms. The van der Waals surface area contributed by atoms with Gasteiger partial charge in [0.25, 0.3) is 5.91 Å². The lowest BCUT2D eigenvalue weighted by Crippen LogP contribution is -2.42. The van der Waals surface area contributed by atoms with Gasteiger partial charge in [0.2, 0.25) is 5.91 Å². The zero-order valence-electron chi connectivity index (χ0n) is 16.0. The third-order valence-corrected chi connectivity index (χ3v) is 5.53. The summed E-state index contributed by atoms with van der Waals surface area (Å²) in [7, 11) is 0. The van der Waals surface area contributed by atoms with E-state index in [0.29, 0.717) is 5.69 Å². The molecular formula is C22H23N3O3. The number of amides is 4. The topological polar surface area (TPSA) is 69.7 Å². The fraction of sp³-hybridized carbons (Fsp3) is 0.318. The van der Waals surface area contributed by atoms with Crippen LogP contribution in [-0.2, 0) is 16.0 Å². The molecule has 0 unspecified atom stereocenters. The summed E-state index contributed by atoms with van der Waals surface area (Å²) in [5.74, 6) is -0.672. The number of imide groups is 1. The van der Waals surface area contributed by atoms with E-state index in [1.54, 1.807) is 6.92 Å². The molecule has 144 valence electrons. The Labute approximate surface area is 164 Å². The first-order valence-corrected chi connectivity index (χ1v) is 9.54. The molecule has 0 bridgehead atoms. The van der Waals surface area contributed by atoms with Gasteiger partial charge < -0.3 is 5.32 Å². The number of carbonyl (C=O) groups excluding carboxylic acids is 3. The van der Waals surface area contributed by atoms with E-state index in [4.69, 9.17) is 0 Å². The minimum Gasteiger partial charge on any atom is -0.348 e. The molecule has 4 amide bonds. The fourth-order valence-corrected chi connectivity index (χ4v) is 4.00. The van der Waals surface area contributed by atoms with Gasteiger partial charge in [0.15, 0.2) is 0 Å². The van der Waals surface area contributed by atoms with Crippen LogP contribution in [0.1, 0.15) is 36.1 Å². The van der Waals surface area contributed by atoms with E-state index in [9.17, 15) is 14.4 Å². The van der Waals surface area contributed by atoms with Gasteiger partial charge in [-0.1, -0.05) is 42.0 Å². The highest BCUT2D eigenvalue weighted by Crippen LogP contribution is 2.31. The minimum absolute atomic E-state index is 0.0675. The van der Waals surface area contributed by atoms with Crippen LogP contribution < -0.4 is 10.2 Å². The molecule has 2 aliphatic rings. The summed E-state index contributed by atoms with van der Waals surface area (Å²) in [6.45, 7) is 3.39. The summed E-state index contributed by atoms with van der Waals surface area (Å²) in [6, 6.07) is 14.3. The lowest BCUT2D eigenvalue weighted by molar-refractivity contribution is -0.132. The summed E-state index contributed by atoms with van der Waals surface area (Å²) in [6.07, 6.45) is 1.75. The van der Waals surface area contributed by atoms with E-state index >= 15 is 0 Å². The van der Waals surface area contributed by atoms with Crippen molar-refractivity contribution in [1.29, 1.82) is 0 Å². The lowest BCUT2D eigenvalue weighted by Gasteiger charge is -2.20. The number of hydrogen-bond acceptors (Lipinski definition) is 3. The van der Waals surface area contributed by atoms with Gasteiger partial charge in [0.1, 0.15) is 12.6 Å². The van der Waals surface area contributed by atoms with E-state index < -0.39 is 12.1 Å². The summed E-state index contributed by atoms with van der Waals surface area (Å²) in [5, 5.41) is 2.98. The molecule has 1 aliphatic heterocycles. The number of aryl methyl sites for hydroxylation is 2. The molecule has 1 aliphatic carbocycles. The standard InChI is InChI=1S/C22H23N3O3/c1-14-7-10-17(11-8-14)25-15(2)21(27)24(22(25)28)13-20(26)23-19-12-9-16-5-3-4-6-18(16)19/h3-8,10-11,15,19H,9,12-13H2,1-2H3,(H,23,26)/t15-,19-/m0/s1. The second-order valence-electron chi connectivity index (χ2n) is 7.45. The third kappa shape index (κ3) is 3.15. The molecular weight excluding hydrogens is 354 g/mol. The van der Waals surface area contributed by atoms with Crippen molar-refractivity contribution in [2.45, 2.75) is 38.8 Å². The van der Waals surface area contributed by atoms with E-state index in [0.717, 1.165) is 28.9 Å². The van der Waals surface area contributed by atoms with Crippen LogP contribution in [0.25, 0.3) is 0 Å². The van der Waals surface area contributed by atoms with Gasteiger partial charge in [-0.15, -0.1) is 0 Å². The summed E-state index contributed by atoms with van der Waals surface area (Å²) < 4.78 is 0. The number of carbonyl (C=O) groups is 3. The summed E-state index contributed by atoms with van der Waals surface area (Å²) in [5.41, 5.74) is 4.08. The second kappa shape index (κ2) is 7.11. The predicted molar refractivity (Wildman–Crippen MR) is 106 cm³/mol. The highest BCUT2D eigenvalue weighted by molar-refractivity contribution is 6.15. The molecule has 2 aromatic rings. The third-order valence-electron chi connectivity index (χ3n) is 5.53. The van der Waals surface area contributed by atoms with Crippen molar-refractivity contribution in [1.82, 2.24) is 10.2 Å². The normalized spacial score (nSPS) is 21.2. The van der Waals surface area contributed by atoms with Crippen LogP contribution in [0.3, 0.4) is 0 Å². The van der Waals surface area contributed by atoms with Crippen molar-refractivity contribution in [2.24, 2.45) is 0 Å². The predicted octanol–water partition coefficient (Wildman–Crippen LogP) is 2.96. The molecule has 2 atom stereocenters. The molecule has 2 aromatic carbocycles. The Morgan fingerprint density at radius 3 is 2.57 bits per heavy atom. The fourth-order valence-electron chi connectivity index (χ4n) is 4.00. The van der Waals surface area contributed by atoms with Gasteiger partial charge in [-0.05, 0) is 49.9 Å². The summed E-state index contributed by atoms with van der Waals surface area (Å²) in [4.78, 5) is 40.5. The van der Waals surface area contributed by atoms with E-state index in [1.807, 2.05) is 49.4 Å². The maximum absolute atomic E-state index is 12.8. The van der Waals surface area contributed by atoms with Crippen molar-refractivity contribution in [2.75, 3.05) is 11.4 Å². The SMILES string of the molecule is Cc1ccc(N2C(=O)N(CC(=O)N[C@H]3CCc4ccccc43)C(=O)[C@@H]2C)cc1. The van der Waals surface area contributed by atoms with Gasteiger partial charge in [0.05, 0.1) is 6.04 Å². The van der Waals surface area contributed by atoms with E-state index in [2.05, 4.69) is 11.4 Å². The Hall–Kier alpha value is -3.15. The van der Waals surface area contributed by atoms with Crippen LogP contribution in [0.2, 0.25) is 0 Å². The minimum atomic E-state index is -0.629. The Kier molecular flexibility index (Phi) is 4.63. The van der Waals surface area contributed by atoms with Crippen molar-refractivity contribution >= 4 is 23.5 Å². The molecule has 0 aromatic heterocycles. The van der Waals surface area contributed by atoms with Crippen LogP contribution in [0, 0.1) is 6.92 Å². The van der Waals surface area contributed by atoms with Crippen molar-refractivity contribution in [3.63, 3.8) is 0 Å². The Morgan fingerprint density at radius 2 is 1.82 bits per heavy atom. The van der Waals surface area contributed by atoms with Gasteiger partial charge in [-0.25, -0.2) is 4.79 Å². The van der Waals surface area contributed by atoms with Gasteiger partial charge in [0, 0.05) is 5.69 Å². The quantitative estimate of drug-likeness (QED) is 0.833. The van der Waals surface area contributed by atoms with Crippen molar-refractivity contribution in [3.05, 3.63) is 65.2 Å². The van der Waals surface area contributed by atoms with Gasteiger partial charge in [-0.2, -0.15) is 0 Å². The largest absolute Gasteiger partial charge is 0.348 e. The molecule has 1 N–H and O–H groups in total. The Balaban J connectivity index is 1.46. The molecule has 0 spiro atoms. The number of nitrogens with zero attached hydrogens (tertiary/aromatic N) is 2. The second-order valence-corrected chi connectivity index (χ2v) is 7.45. The molecule has 0 saturated carbocycles. The van der Waals surface area contributed by atoms with Crippen molar-refractivity contribution in [3.8, 4) is 0 Å². The average Bonchev–Trinajstić information content (AvgIpc) is 3.18. The average molecular weight is 377 g/mol. The zero-order valence-corrected chi connectivity index (χ0v) is 16.0. The van der Waals surface area contributed by atoms with E-state index in [-0.39, 0.29) is 24.4 Å². The molecule has 4 rings (SSSR count). The van der Waals surface area contributed by atoms with Crippen LogP contribution in [0.15, 0.2) is 48.5 Å². The highest BCUT2D eigenvalue weighted by atomic mass is 16.2. The Bertz CT molecular complexity index is 938. The molecule has 6 heteroatoms. The van der Waals surface area contributed by atoms with Crippen molar-refractivity contribution < 1.29 is 14.4 Å². The van der Waals surface area contributed by atoms with Crippen LogP contribution in [0.5, 0.6) is 0 Å². The first-order valence-electron chi connectivity index (χ1n) is 9.54. The van der Waals surface area contributed by atoms with Crippen LogP contribution in [0.4, 0.5) is 10.5 Å². The number of anilines is 1. The number of hydrogen-bond donors (Lipinski definition) is 1. The summed E-state index contributed by atoms with van der Waals surface area (Å²) >= 11 is 0. The molecule has 6 nitrogen and oxygen atoms in total. The zero-order chi connectivity index (χ0) is 19.8. The number of nitrogens with one attached hydrogen (secondary N) is 1. The van der Waals surface area contributed by atoms with Crippen LogP contribution >= 0.6 is 0 Å². The first-order chi connectivity index (χ1) is 13.5. The number of urea groups is 1. The molecule has 0 radical (unpaired) electrons. The van der Waals surface area contributed by atoms with E-state index in [1.165, 1.54) is 10.5 Å². The maximum atomic E-state index is 12.8. The van der Waals surface area contributed by atoms with Gasteiger partial charge >= 0.3 is 6.03 Å².